The number of carboxylic acid groups (broad SMARTS) is 4. The van der Waals surface area contributed by atoms with Crippen LogP contribution in [-0.2, 0) is 16.8 Å². The monoisotopic (exact) mass is 573 g/mol. The maximum atomic E-state index is 11.1. The van der Waals surface area contributed by atoms with E-state index in [1.54, 1.807) is 50.2 Å². The number of hydrogen-bond donors (Lipinski definition) is 4. The molecule has 0 atom stereocenters. The minimum absolute atomic E-state index is 0. The van der Waals surface area contributed by atoms with Crippen molar-refractivity contribution >= 4 is 23.9 Å². The van der Waals surface area contributed by atoms with Crippen LogP contribution in [0.5, 0.6) is 0 Å². The number of aromatic nitrogens is 2. The van der Waals surface area contributed by atoms with Crippen LogP contribution >= 0.6 is 0 Å². The van der Waals surface area contributed by atoms with Crippen molar-refractivity contribution < 1.29 is 56.4 Å². The van der Waals surface area contributed by atoms with Crippen molar-refractivity contribution in [2.24, 2.45) is 0 Å². The van der Waals surface area contributed by atoms with Crippen molar-refractivity contribution in [3.8, 4) is 22.5 Å². The second-order valence-electron chi connectivity index (χ2n) is 8.14. The van der Waals surface area contributed by atoms with Gasteiger partial charge in [0.15, 0.2) is 0 Å². The number of pyridine rings is 2. The molecule has 0 unspecified atom stereocenters. The number of aryl methyl sites for hydroxylation is 2. The zero-order chi connectivity index (χ0) is 28.0. The number of rotatable bonds is 6. The van der Waals surface area contributed by atoms with Gasteiger partial charge in [0.1, 0.15) is 0 Å². The van der Waals surface area contributed by atoms with Crippen molar-refractivity contribution in [2.45, 2.75) is 13.8 Å². The van der Waals surface area contributed by atoms with Gasteiger partial charge in [-0.3, -0.25) is 9.97 Å². The molecule has 0 aliphatic heterocycles. The van der Waals surface area contributed by atoms with Gasteiger partial charge < -0.3 is 20.4 Å². The molecule has 1 radical (unpaired) electrons. The maximum Gasteiger partial charge on any atom is 0.337 e. The Morgan fingerprint density at radius 3 is 1.15 bits per heavy atom. The SMILES string of the molecule is Cc1ccc(-c2ccc(C(=O)O)cn2)cc1C(=O)O.Cc1ccc(-c2ccc(C(=O)O)cn2)cc1C(=O)O.[Co]. The number of benzene rings is 2. The molecular weight excluding hydrogens is 551 g/mol. The smallest absolute Gasteiger partial charge is 0.337 e. The molecule has 0 amide bonds. The number of aromatic carboxylic acids is 4. The zero-order valence-corrected chi connectivity index (χ0v) is 21.6. The van der Waals surface area contributed by atoms with Gasteiger partial charge in [-0.1, -0.05) is 24.3 Å². The van der Waals surface area contributed by atoms with Crippen molar-refractivity contribution in [1.29, 1.82) is 0 Å². The molecule has 0 spiro atoms. The first kappa shape index (κ1) is 30.4. The first-order valence-corrected chi connectivity index (χ1v) is 11.0. The summed E-state index contributed by atoms with van der Waals surface area (Å²) >= 11 is 0. The maximum absolute atomic E-state index is 11.1. The topological polar surface area (TPSA) is 175 Å². The third kappa shape index (κ3) is 7.57. The standard InChI is InChI=1S/2C14H11NO4.Co/c2*1-8-2-3-9(6-11(8)14(18)19)12-5-4-10(7-15-12)13(16)17;/h2*2-7H,1H3,(H,16,17)(H,18,19);. The number of carbonyl (C=O) groups is 4. The Hall–Kier alpha value is -4.87. The number of hydrogen-bond acceptors (Lipinski definition) is 6. The first-order valence-electron chi connectivity index (χ1n) is 11.0. The Labute approximate surface area is 232 Å². The molecule has 4 N–H and O–H groups in total. The molecule has 0 aliphatic carbocycles. The number of nitrogens with zero attached hydrogens (tertiary/aromatic N) is 2. The molecular formula is C28H22CoN2O8. The van der Waals surface area contributed by atoms with Crippen LogP contribution in [0.15, 0.2) is 73.1 Å². The molecule has 10 nitrogen and oxygen atoms in total. The Kier molecular flexibility index (Phi) is 10.2. The van der Waals surface area contributed by atoms with E-state index in [1.807, 2.05) is 0 Å². The zero-order valence-electron chi connectivity index (χ0n) is 20.6. The molecule has 0 aliphatic rings. The van der Waals surface area contributed by atoms with Gasteiger partial charge in [0.2, 0.25) is 0 Å². The average Bonchev–Trinajstić information content (AvgIpc) is 2.89. The van der Waals surface area contributed by atoms with Crippen LogP contribution in [0.1, 0.15) is 52.6 Å². The summed E-state index contributed by atoms with van der Waals surface area (Å²) in [5, 5.41) is 35.7. The summed E-state index contributed by atoms with van der Waals surface area (Å²) < 4.78 is 0. The predicted octanol–water partition coefficient (Wildman–Crippen LogP) is 4.90. The molecule has 11 heteroatoms. The summed E-state index contributed by atoms with van der Waals surface area (Å²) in [6.07, 6.45) is 2.50. The summed E-state index contributed by atoms with van der Waals surface area (Å²) in [7, 11) is 0. The van der Waals surface area contributed by atoms with Gasteiger partial charge in [0.05, 0.1) is 33.6 Å². The summed E-state index contributed by atoms with van der Waals surface area (Å²) in [5.41, 5.74) is 4.28. The van der Waals surface area contributed by atoms with Crippen LogP contribution in [0.25, 0.3) is 22.5 Å². The van der Waals surface area contributed by atoms with Crippen molar-refractivity contribution in [3.63, 3.8) is 0 Å². The Morgan fingerprint density at radius 1 is 0.538 bits per heavy atom. The van der Waals surface area contributed by atoms with E-state index in [9.17, 15) is 19.2 Å². The molecule has 4 rings (SSSR count). The summed E-state index contributed by atoms with van der Waals surface area (Å²) in [5.74, 6) is -4.09. The fourth-order valence-corrected chi connectivity index (χ4v) is 3.41. The summed E-state index contributed by atoms with van der Waals surface area (Å²) in [6, 6.07) is 15.9. The van der Waals surface area contributed by atoms with Gasteiger partial charge in [0.25, 0.3) is 0 Å². The summed E-state index contributed by atoms with van der Waals surface area (Å²) in [6.45, 7) is 3.43. The van der Waals surface area contributed by atoms with E-state index in [2.05, 4.69) is 9.97 Å². The van der Waals surface area contributed by atoms with Gasteiger partial charge in [0, 0.05) is 40.3 Å². The Balaban J connectivity index is 0.000000267. The molecule has 0 bridgehead atoms. The predicted molar refractivity (Wildman–Crippen MR) is 137 cm³/mol. The van der Waals surface area contributed by atoms with Crippen molar-refractivity contribution in [2.75, 3.05) is 0 Å². The van der Waals surface area contributed by atoms with Crippen LogP contribution in [0.4, 0.5) is 0 Å². The van der Waals surface area contributed by atoms with E-state index in [0.29, 0.717) is 33.6 Å². The van der Waals surface area contributed by atoms with Crippen LogP contribution in [0, 0.1) is 13.8 Å². The summed E-state index contributed by atoms with van der Waals surface area (Å²) in [4.78, 5) is 51.6. The third-order valence-electron chi connectivity index (χ3n) is 5.55. The second kappa shape index (κ2) is 13.1. The largest absolute Gasteiger partial charge is 0.478 e. The minimum atomic E-state index is -1.05. The van der Waals surface area contributed by atoms with Crippen LogP contribution in [-0.4, -0.2) is 54.3 Å². The second-order valence-corrected chi connectivity index (χ2v) is 8.14. The van der Waals surface area contributed by atoms with Crippen LogP contribution < -0.4 is 0 Å². The van der Waals surface area contributed by atoms with Gasteiger partial charge in [-0.2, -0.15) is 0 Å². The Morgan fingerprint density at radius 2 is 0.897 bits per heavy atom. The van der Waals surface area contributed by atoms with E-state index in [4.69, 9.17) is 20.4 Å². The normalized spacial score (nSPS) is 9.90. The molecule has 2 aromatic heterocycles. The molecule has 0 fully saturated rings. The van der Waals surface area contributed by atoms with E-state index in [0.717, 1.165) is 0 Å². The van der Waals surface area contributed by atoms with E-state index in [-0.39, 0.29) is 39.0 Å². The van der Waals surface area contributed by atoms with Gasteiger partial charge in [-0.05, 0) is 61.4 Å². The fourth-order valence-electron chi connectivity index (χ4n) is 3.41. The molecule has 2 aromatic carbocycles. The first-order chi connectivity index (χ1) is 18.0. The van der Waals surface area contributed by atoms with E-state index in [1.165, 1.54) is 36.7 Å². The Bertz CT molecular complexity index is 1420. The van der Waals surface area contributed by atoms with E-state index >= 15 is 0 Å². The van der Waals surface area contributed by atoms with Gasteiger partial charge >= 0.3 is 23.9 Å². The van der Waals surface area contributed by atoms with Crippen molar-refractivity contribution in [1.82, 2.24) is 9.97 Å². The molecule has 201 valence electrons. The quantitative estimate of drug-likeness (QED) is 0.248. The average molecular weight is 573 g/mol. The minimum Gasteiger partial charge on any atom is -0.478 e. The molecule has 4 aromatic rings. The van der Waals surface area contributed by atoms with Gasteiger partial charge in [-0.15, -0.1) is 0 Å². The van der Waals surface area contributed by atoms with Crippen molar-refractivity contribution in [3.05, 3.63) is 106 Å². The van der Waals surface area contributed by atoms with Crippen LogP contribution in [0.2, 0.25) is 0 Å². The molecule has 2 heterocycles. The fraction of sp³-hybridized carbons (Fsp3) is 0.0714. The molecule has 0 saturated heterocycles. The third-order valence-corrected chi connectivity index (χ3v) is 5.55. The van der Waals surface area contributed by atoms with Gasteiger partial charge in [-0.25, -0.2) is 19.2 Å². The van der Waals surface area contributed by atoms with Crippen LogP contribution in [0.3, 0.4) is 0 Å². The number of carboxylic acids is 4. The van der Waals surface area contributed by atoms with E-state index < -0.39 is 23.9 Å². The molecule has 39 heavy (non-hydrogen) atoms. The molecule has 0 saturated carbocycles.